The van der Waals surface area contributed by atoms with Gasteiger partial charge in [0, 0.05) is 23.2 Å². The highest BCUT2D eigenvalue weighted by molar-refractivity contribution is 7.99. The maximum Gasteiger partial charge on any atom is 0.319 e. The van der Waals surface area contributed by atoms with Crippen LogP contribution in [-0.2, 0) is 0 Å². The van der Waals surface area contributed by atoms with E-state index in [4.69, 9.17) is 11.6 Å². The van der Waals surface area contributed by atoms with Crippen molar-refractivity contribution >= 4 is 41.0 Å². The van der Waals surface area contributed by atoms with E-state index in [1.54, 1.807) is 42.1 Å². The van der Waals surface area contributed by atoms with Crippen molar-refractivity contribution < 1.29 is 14.0 Å². The van der Waals surface area contributed by atoms with Crippen LogP contribution in [0.1, 0.15) is 29.6 Å². The largest absolute Gasteiger partial charge is 0.349 e. The Bertz CT molecular complexity index is 844. The summed E-state index contributed by atoms with van der Waals surface area (Å²) in [4.78, 5) is 25.2. The lowest BCUT2D eigenvalue weighted by molar-refractivity contribution is 0.0951. The highest BCUT2D eigenvalue weighted by Gasteiger charge is 2.24. The van der Waals surface area contributed by atoms with E-state index in [1.807, 2.05) is 0 Å². The van der Waals surface area contributed by atoms with Gasteiger partial charge in [-0.1, -0.05) is 11.6 Å². The second-order valence-corrected chi connectivity index (χ2v) is 8.05. The van der Waals surface area contributed by atoms with E-state index in [1.165, 1.54) is 12.1 Å². The van der Waals surface area contributed by atoms with Gasteiger partial charge in [-0.2, -0.15) is 0 Å². The molecule has 5 nitrogen and oxygen atoms in total. The normalized spacial score (nSPS) is 13.1. The van der Waals surface area contributed by atoms with Crippen LogP contribution in [0.15, 0.2) is 47.4 Å². The molecule has 0 aliphatic heterocycles. The standard InChI is InChI=1S/C20H21ClFN3O2S/c21-18-9-6-15(12-17(18)19(26)24-14-4-5-14)25-20(27)23-10-1-11-28-16-7-2-13(22)3-8-16/h2-3,6-9,12,14H,1,4-5,10-11H2,(H,24,26)(H2,23,25,27). The van der Waals surface area contributed by atoms with Gasteiger partial charge in [-0.3, -0.25) is 4.79 Å². The van der Waals surface area contributed by atoms with Crippen LogP contribution in [0.25, 0.3) is 0 Å². The van der Waals surface area contributed by atoms with Gasteiger partial charge in [-0.05, 0) is 67.5 Å². The van der Waals surface area contributed by atoms with Crippen LogP contribution in [0.2, 0.25) is 5.02 Å². The molecule has 0 spiro atoms. The number of hydrogen-bond donors (Lipinski definition) is 3. The molecule has 0 atom stereocenters. The van der Waals surface area contributed by atoms with Crippen LogP contribution in [0.4, 0.5) is 14.9 Å². The molecule has 0 aromatic heterocycles. The van der Waals surface area contributed by atoms with E-state index in [-0.39, 0.29) is 23.8 Å². The molecule has 3 amide bonds. The number of thioether (sulfide) groups is 1. The third-order valence-electron chi connectivity index (χ3n) is 4.07. The zero-order chi connectivity index (χ0) is 19.9. The van der Waals surface area contributed by atoms with E-state index >= 15 is 0 Å². The van der Waals surface area contributed by atoms with Crippen molar-refractivity contribution in [2.75, 3.05) is 17.6 Å². The first kappa shape index (κ1) is 20.5. The Labute approximate surface area is 172 Å². The van der Waals surface area contributed by atoms with Gasteiger partial charge in [0.05, 0.1) is 10.6 Å². The number of hydrogen-bond acceptors (Lipinski definition) is 3. The summed E-state index contributed by atoms with van der Waals surface area (Å²) in [5, 5.41) is 8.72. The van der Waals surface area contributed by atoms with Gasteiger partial charge in [-0.15, -0.1) is 11.8 Å². The Morgan fingerprint density at radius 2 is 1.89 bits per heavy atom. The maximum absolute atomic E-state index is 12.9. The number of carbonyl (C=O) groups is 2. The van der Waals surface area contributed by atoms with Crippen molar-refractivity contribution in [2.24, 2.45) is 0 Å². The lowest BCUT2D eigenvalue weighted by Gasteiger charge is -2.10. The molecule has 28 heavy (non-hydrogen) atoms. The number of anilines is 1. The van der Waals surface area contributed by atoms with Gasteiger partial charge in [-0.25, -0.2) is 9.18 Å². The Morgan fingerprint density at radius 1 is 1.14 bits per heavy atom. The number of nitrogens with one attached hydrogen (secondary N) is 3. The predicted molar refractivity (Wildman–Crippen MR) is 111 cm³/mol. The second-order valence-electron chi connectivity index (χ2n) is 6.48. The summed E-state index contributed by atoms with van der Waals surface area (Å²) in [5.74, 6) is 0.325. The summed E-state index contributed by atoms with van der Waals surface area (Å²) in [5.41, 5.74) is 0.852. The molecule has 2 aromatic carbocycles. The highest BCUT2D eigenvalue weighted by Crippen LogP contribution is 2.24. The predicted octanol–water partition coefficient (Wildman–Crippen LogP) is 4.68. The van der Waals surface area contributed by atoms with E-state index in [9.17, 15) is 14.0 Å². The summed E-state index contributed by atoms with van der Waals surface area (Å²) in [6, 6.07) is 11.0. The van der Waals surface area contributed by atoms with Gasteiger partial charge in [0.15, 0.2) is 0 Å². The summed E-state index contributed by atoms with van der Waals surface area (Å²) in [6.07, 6.45) is 2.75. The Kier molecular flexibility index (Phi) is 7.17. The number of benzene rings is 2. The zero-order valence-corrected chi connectivity index (χ0v) is 16.7. The van der Waals surface area contributed by atoms with Crippen LogP contribution >= 0.6 is 23.4 Å². The number of rotatable bonds is 8. The smallest absolute Gasteiger partial charge is 0.319 e. The lowest BCUT2D eigenvalue weighted by Crippen LogP contribution is -2.30. The summed E-state index contributed by atoms with van der Waals surface area (Å²) in [7, 11) is 0. The van der Waals surface area contributed by atoms with Gasteiger partial charge in [0.1, 0.15) is 5.82 Å². The van der Waals surface area contributed by atoms with Crippen LogP contribution in [0.5, 0.6) is 0 Å². The highest BCUT2D eigenvalue weighted by atomic mass is 35.5. The molecular weight excluding hydrogens is 401 g/mol. The maximum atomic E-state index is 12.9. The Balaban J connectivity index is 1.40. The quantitative estimate of drug-likeness (QED) is 0.428. The first-order valence-electron chi connectivity index (χ1n) is 9.05. The molecule has 3 rings (SSSR count). The molecule has 1 fully saturated rings. The molecule has 2 aromatic rings. The number of urea groups is 1. The molecule has 0 radical (unpaired) electrons. The molecule has 0 bridgehead atoms. The van der Waals surface area contributed by atoms with Crippen molar-refractivity contribution in [3.05, 3.63) is 58.9 Å². The van der Waals surface area contributed by atoms with Crippen molar-refractivity contribution in [1.82, 2.24) is 10.6 Å². The molecule has 148 valence electrons. The summed E-state index contributed by atoms with van der Waals surface area (Å²) >= 11 is 7.70. The molecule has 0 heterocycles. The molecule has 1 saturated carbocycles. The number of halogens is 2. The third-order valence-corrected chi connectivity index (χ3v) is 5.50. The van der Waals surface area contributed by atoms with Gasteiger partial charge >= 0.3 is 6.03 Å². The van der Waals surface area contributed by atoms with E-state index in [0.29, 0.717) is 22.8 Å². The fraction of sp³-hybridized carbons (Fsp3) is 0.300. The van der Waals surface area contributed by atoms with Crippen LogP contribution < -0.4 is 16.0 Å². The number of amides is 3. The average Bonchev–Trinajstić information content (AvgIpc) is 3.48. The Morgan fingerprint density at radius 3 is 2.61 bits per heavy atom. The summed E-state index contributed by atoms with van der Waals surface area (Å²) < 4.78 is 12.9. The van der Waals surface area contributed by atoms with Gasteiger partial charge in [0.2, 0.25) is 0 Å². The van der Waals surface area contributed by atoms with E-state index in [2.05, 4.69) is 16.0 Å². The van der Waals surface area contributed by atoms with Crippen molar-refractivity contribution in [1.29, 1.82) is 0 Å². The van der Waals surface area contributed by atoms with Crippen LogP contribution in [0.3, 0.4) is 0 Å². The molecule has 1 aliphatic carbocycles. The van der Waals surface area contributed by atoms with E-state index in [0.717, 1.165) is 29.9 Å². The lowest BCUT2D eigenvalue weighted by atomic mass is 10.2. The fourth-order valence-corrected chi connectivity index (χ4v) is 3.49. The molecular formula is C20H21ClFN3O2S. The fourth-order valence-electron chi connectivity index (χ4n) is 2.44. The minimum atomic E-state index is -0.345. The summed E-state index contributed by atoms with van der Waals surface area (Å²) in [6.45, 7) is 0.503. The van der Waals surface area contributed by atoms with Gasteiger partial charge in [0.25, 0.3) is 5.91 Å². The molecule has 0 saturated heterocycles. The number of carbonyl (C=O) groups excluding carboxylic acids is 2. The molecule has 8 heteroatoms. The Hall–Kier alpha value is -2.25. The first-order valence-corrected chi connectivity index (χ1v) is 10.4. The minimum Gasteiger partial charge on any atom is -0.349 e. The van der Waals surface area contributed by atoms with Crippen LogP contribution in [-0.4, -0.2) is 30.3 Å². The third kappa shape index (κ3) is 6.42. The van der Waals surface area contributed by atoms with Crippen LogP contribution in [0, 0.1) is 5.82 Å². The minimum absolute atomic E-state index is 0.227. The van der Waals surface area contributed by atoms with Crippen molar-refractivity contribution in [3.63, 3.8) is 0 Å². The SMILES string of the molecule is O=C(NCCCSc1ccc(F)cc1)Nc1ccc(Cl)c(C(=O)NC2CC2)c1. The second kappa shape index (κ2) is 9.80. The molecule has 1 aliphatic rings. The molecule has 0 unspecified atom stereocenters. The van der Waals surface area contributed by atoms with E-state index < -0.39 is 0 Å². The zero-order valence-electron chi connectivity index (χ0n) is 15.1. The first-order chi connectivity index (χ1) is 13.5. The molecule has 3 N–H and O–H groups in total. The topological polar surface area (TPSA) is 70.2 Å². The van der Waals surface area contributed by atoms with Crippen molar-refractivity contribution in [2.45, 2.75) is 30.2 Å². The monoisotopic (exact) mass is 421 g/mol. The van der Waals surface area contributed by atoms with Crippen molar-refractivity contribution in [3.8, 4) is 0 Å². The average molecular weight is 422 g/mol. The van der Waals surface area contributed by atoms with Gasteiger partial charge < -0.3 is 16.0 Å².